The molecule has 2 heterocycles. The fourth-order valence-electron chi connectivity index (χ4n) is 4.08. The van der Waals surface area contributed by atoms with Crippen LogP contribution >= 0.6 is 0 Å². The molecule has 3 aromatic rings. The molecule has 1 aromatic heterocycles. The van der Waals surface area contributed by atoms with E-state index in [4.69, 9.17) is 28.1 Å². The molecule has 1 fully saturated rings. The Morgan fingerprint density at radius 3 is 2.19 bits per heavy atom. The minimum atomic E-state index is -1.73. The van der Waals surface area contributed by atoms with Crippen molar-refractivity contribution in [2.45, 2.75) is 30.7 Å². The van der Waals surface area contributed by atoms with Gasteiger partial charge < -0.3 is 58.7 Å². The molecule has 5 atom stereocenters. The third-order valence-electron chi connectivity index (χ3n) is 6.05. The monoisotopic (exact) mass is 522 g/mol. The largest absolute Gasteiger partial charge is 0.504 e. The number of fused-ring (bicyclic) bond motifs is 1. The number of hydrogen-bond donors (Lipinski definition) is 6. The molecule has 0 spiro atoms. The molecule has 13 nitrogen and oxygen atoms in total. The van der Waals surface area contributed by atoms with E-state index >= 15 is 0 Å². The van der Waals surface area contributed by atoms with E-state index in [0.29, 0.717) is 0 Å². The van der Waals surface area contributed by atoms with Crippen LogP contribution in [0.3, 0.4) is 0 Å². The standard InChI is InChI=1S/C24H26O13/c1-32-12-5-13(33-2)11(26)4-9(12)10-8-35-14-6-15(23(34-3)20(29)17(14)18(10)27)36-24-22(31)21(30)19(28)16(7-25)37-24/h4-6,8,16,19,21-22,24-26,28-31H,7H2,1-3H3/t16-,19+,21+,22-,24-/m0/s1. The Balaban J connectivity index is 1.81. The lowest BCUT2D eigenvalue weighted by Crippen LogP contribution is -2.60. The van der Waals surface area contributed by atoms with Crippen LogP contribution < -0.4 is 24.4 Å². The average molecular weight is 522 g/mol. The molecule has 0 saturated carbocycles. The molecule has 0 unspecified atom stereocenters. The van der Waals surface area contributed by atoms with E-state index < -0.39 is 48.5 Å². The van der Waals surface area contributed by atoms with Gasteiger partial charge in [0.15, 0.2) is 23.0 Å². The van der Waals surface area contributed by atoms with E-state index in [2.05, 4.69) is 0 Å². The summed E-state index contributed by atoms with van der Waals surface area (Å²) in [4.78, 5) is 13.4. The molecular weight excluding hydrogens is 496 g/mol. The molecular formula is C24H26O13. The molecule has 1 saturated heterocycles. The van der Waals surface area contributed by atoms with Crippen LogP contribution in [-0.2, 0) is 4.74 Å². The fourth-order valence-corrected chi connectivity index (χ4v) is 4.08. The Kier molecular flexibility index (Phi) is 7.34. The molecule has 6 N–H and O–H groups in total. The summed E-state index contributed by atoms with van der Waals surface area (Å²) < 4.78 is 32.1. The quantitative estimate of drug-likeness (QED) is 0.244. The molecule has 0 radical (unpaired) electrons. The molecule has 1 aliphatic rings. The Bertz CT molecular complexity index is 1350. The normalized spacial score (nSPS) is 23.6. The molecule has 37 heavy (non-hydrogen) atoms. The highest BCUT2D eigenvalue weighted by atomic mass is 16.7. The molecule has 0 bridgehead atoms. The molecule has 0 aliphatic carbocycles. The average Bonchev–Trinajstić information content (AvgIpc) is 2.89. The first-order valence-corrected chi connectivity index (χ1v) is 10.9. The number of rotatable bonds is 7. The summed E-state index contributed by atoms with van der Waals surface area (Å²) >= 11 is 0. The number of phenolic OH excluding ortho intramolecular Hbond substituents is 2. The summed E-state index contributed by atoms with van der Waals surface area (Å²) in [5.41, 5.74) is -0.721. The van der Waals surface area contributed by atoms with Crippen LogP contribution in [0.25, 0.3) is 22.1 Å². The van der Waals surface area contributed by atoms with E-state index in [1.807, 2.05) is 0 Å². The minimum absolute atomic E-state index is 0.0535. The van der Waals surface area contributed by atoms with Gasteiger partial charge in [0.25, 0.3) is 0 Å². The summed E-state index contributed by atoms with van der Waals surface area (Å²) in [6, 6.07) is 3.83. The summed E-state index contributed by atoms with van der Waals surface area (Å²) in [6.07, 6.45) is -6.76. The van der Waals surface area contributed by atoms with Crippen LogP contribution in [0.4, 0.5) is 0 Å². The number of benzene rings is 2. The van der Waals surface area contributed by atoms with Crippen LogP contribution in [0.1, 0.15) is 0 Å². The second-order valence-corrected chi connectivity index (χ2v) is 8.15. The lowest BCUT2D eigenvalue weighted by molar-refractivity contribution is -0.277. The van der Waals surface area contributed by atoms with Gasteiger partial charge in [0, 0.05) is 17.7 Å². The Morgan fingerprint density at radius 1 is 0.865 bits per heavy atom. The van der Waals surface area contributed by atoms with Crippen molar-refractivity contribution in [3.05, 3.63) is 34.7 Å². The Hall–Kier alpha value is -3.75. The Morgan fingerprint density at radius 2 is 1.57 bits per heavy atom. The van der Waals surface area contributed by atoms with Gasteiger partial charge in [-0.05, 0) is 6.07 Å². The highest BCUT2D eigenvalue weighted by Crippen LogP contribution is 2.44. The number of methoxy groups -OCH3 is 3. The topological polar surface area (TPSA) is 198 Å². The number of ether oxygens (including phenoxy) is 5. The minimum Gasteiger partial charge on any atom is -0.504 e. The van der Waals surface area contributed by atoms with Gasteiger partial charge in [0.05, 0.1) is 33.5 Å². The van der Waals surface area contributed by atoms with E-state index in [-0.39, 0.29) is 50.8 Å². The van der Waals surface area contributed by atoms with Crippen molar-refractivity contribution >= 4 is 11.0 Å². The van der Waals surface area contributed by atoms with Gasteiger partial charge in [0.1, 0.15) is 47.4 Å². The van der Waals surface area contributed by atoms with E-state index in [9.17, 15) is 35.4 Å². The summed E-state index contributed by atoms with van der Waals surface area (Å²) in [7, 11) is 3.91. The fraction of sp³-hybridized carbons (Fsp3) is 0.375. The van der Waals surface area contributed by atoms with Crippen molar-refractivity contribution in [3.63, 3.8) is 0 Å². The highest BCUT2D eigenvalue weighted by molar-refractivity contribution is 5.92. The van der Waals surface area contributed by atoms with Gasteiger partial charge in [-0.1, -0.05) is 0 Å². The summed E-state index contributed by atoms with van der Waals surface area (Å²) in [5, 5.41) is 60.5. The number of phenols is 2. The zero-order valence-electron chi connectivity index (χ0n) is 19.9. The lowest BCUT2D eigenvalue weighted by atomic mass is 9.99. The second kappa shape index (κ2) is 10.3. The van der Waals surface area contributed by atoms with Crippen LogP contribution in [0.15, 0.2) is 33.7 Å². The Labute approximate surface area is 209 Å². The van der Waals surface area contributed by atoms with Gasteiger partial charge in [-0.25, -0.2) is 0 Å². The van der Waals surface area contributed by atoms with Gasteiger partial charge in [-0.2, -0.15) is 0 Å². The van der Waals surface area contributed by atoms with Crippen LogP contribution in [0, 0.1) is 0 Å². The molecule has 200 valence electrons. The van der Waals surface area contributed by atoms with Crippen molar-refractivity contribution in [1.82, 2.24) is 0 Å². The third-order valence-corrected chi connectivity index (χ3v) is 6.05. The maximum atomic E-state index is 13.4. The van der Waals surface area contributed by atoms with Crippen LogP contribution in [0.2, 0.25) is 0 Å². The maximum Gasteiger partial charge on any atom is 0.229 e. The summed E-state index contributed by atoms with van der Waals surface area (Å²) in [5.74, 6) is -1.17. The highest BCUT2D eigenvalue weighted by Gasteiger charge is 2.45. The maximum absolute atomic E-state index is 13.4. The van der Waals surface area contributed by atoms with Gasteiger partial charge in [0.2, 0.25) is 17.5 Å². The summed E-state index contributed by atoms with van der Waals surface area (Å²) in [6.45, 7) is -0.674. The number of hydrogen-bond acceptors (Lipinski definition) is 13. The van der Waals surface area contributed by atoms with Crippen molar-refractivity contribution in [2.75, 3.05) is 27.9 Å². The number of aliphatic hydroxyl groups is 4. The van der Waals surface area contributed by atoms with Crippen LogP contribution in [-0.4, -0.2) is 89.3 Å². The zero-order valence-corrected chi connectivity index (χ0v) is 19.9. The zero-order chi connectivity index (χ0) is 27.0. The number of aliphatic hydroxyl groups excluding tert-OH is 4. The second-order valence-electron chi connectivity index (χ2n) is 8.15. The molecule has 13 heteroatoms. The molecule has 2 aromatic carbocycles. The van der Waals surface area contributed by atoms with Gasteiger partial charge in [-0.15, -0.1) is 0 Å². The van der Waals surface area contributed by atoms with Crippen molar-refractivity contribution < 1.29 is 58.7 Å². The molecule has 0 amide bonds. The van der Waals surface area contributed by atoms with Crippen molar-refractivity contribution in [3.8, 4) is 45.6 Å². The third kappa shape index (κ3) is 4.47. The van der Waals surface area contributed by atoms with E-state index in [1.165, 1.54) is 39.5 Å². The van der Waals surface area contributed by atoms with Gasteiger partial charge in [-0.3, -0.25) is 4.79 Å². The first kappa shape index (κ1) is 26.3. The van der Waals surface area contributed by atoms with Crippen LogP contribution in [0.5, 0.6) is 34.5 Å². The number of aromatic hydroxyl groups is 2. The first-order valence-electron chi connectivity index (χ1n) is 10.9. The lowest BCUT2D eigenvalue weighted by Gasteiger charge is -2.39. The van der Waals surface area contributed by atoms with Gasteiger partial charge >= 0.3 is 0 Å². The van der Waals surface area contributed by atoms with E-state index in [0.717, 1.165) is 6.26 Å². The van der Waals surface area contributed by atoms with Crippen molar-refractivity contribution in [1.29, 1.82) is 0 Å². The SMILES string of the molecule is COc1cc(OC)c(-c2coc3cc(O[C@H]4O[C@@H](CO)[C@@H](O)[C@@H](O)[C@@H]4O)c(OC)c(O)c3c2=O)cc1O. The smallest absolute Gasteiger partial charge is 0.229 e. The van der Waals surface area contributed by atoms with Crippen molar-refractivity contribution in [2.24, 2.45) is 0 Å². The predicted octanol–water partition coefficient (Wildman–Crippen LogP) is 0.0757. The molecule has 1 aliphatic heterocycles. The first-order chi connectivity index (χ1) is 17.7. The molecule has 4 rings (SSSR count). The predicted molar refractivity (Wildman–Crippen MR) is 125 cm³/mol. The van der Waals surface area contributed by atoms with E-state index in [1.54, 1.807) is 0 Å².